The van der Waals surface area contributed by atoms with Crippen molar-refractivity contribution >= 4 is 10.8 Å². The molecular formula is C13H21N3OS. The molecule has 2 aliphatic rings. The average Bonchev–Trinajstić information content (AvgIpc) is 3.08. The van der Waals surface area contributed by atoms with Crippen LogP contribution < -0.4 is 5.32 Å². The zero-order chi connectivity index (χ0) is 12.7. The van der Waals surface area contributed by atoms with Gasteiger partial charge in [-0.2, -0.15) is 0 Å². The number of hydrogen-bond acceptors (Lipinski definition) is 3. The van der Waals surface area contributed by atoms with Gasteiger partial charge in [-0.15, -0.1) is 0 Å². The minimum Gasteiger partial charge on any atom is -0.328 e. The Kier molecular flexibility index (Phi) is 3.28. The average molecular weight is 267 g/mol. The molecule has 2 atom stereocenters. The van der Waals surface area contributed by atoms with Crippen LogP contribution in [-0.2, 0) is 23.8 Å². The second-order valence-electron chi connectivity index (χ2n) is 5.52. The van der Waals surface area contributed by atoms with Crippen LogP contribution >= 0.6 is 0 Å². The molecule has 1 N–H and O–H groups in total. The molecule has 1 aliphatic carbocycles. The largest absolute Gasteiger partial charge is 0.328 e. The molecule has 0 saturated heterocycles. The molecule has 100 valence electrons. The molecule has 0 bridgehead atoms. The Morgan fingerprint density at radius 3 is 3.00 bits per heavy atom. The Bertz CT molecular complexity index is 479. The summed E-state index contributed by atoms with van der Waals surface area (Å²) < 4.78 is 13.9. The molecule has 5 heteroatoms. The third-order valence-corrected chi connectivity index (χ3v) is 4.76. The molecule has 0 radical (unpaired) electrons. The standard InChI is InChI=1S/C13H21N3OS/c1-9(8-18(2)17)16-12-5-6-14-7-11(12)15-13(16)10-3-4-10/h9-10,14H,3-8H2,1-2H3. The molecule has 1 fully saturated rings. The van der Waals surface area contributed by atoms with Crippen LogP contribution in [0.25, 0.3) is 0 Å². The van der Waals surface area contributed by atoms with Crippen LogP contribution in [0.5, 0.6) is 0 Å². The highest BCUT2D eigenvalue weighted by Gasteiger charge is 2.33. The van der Waals surface area contributed by atoms with Gasteiger partial charge in [0.2, 0.25) is 0 Å². The van der Waals surface area contributed by atoms with Crippen molar-refractivity contribution in [2.24, 2.45) is 0 Å². The van der Waals surface area contributed by atoms with Crippen LogP contribution in [0.2, 0.25) is 0 Å². The normalized spacial score (nSPS) is 22.6. The van der Waals surface area contributed by atoms with Crippen molar-refractivity contribution in [3.8, 4) is 0 Å². The lowest BCUT2D eigenvalue weighted by atomic mass is 10.1. The van der Waals surface area contributed by atoms with Gasteiger partial charge in [0.05, 0.1) is 5.69 Å². The first-order valence-electron chi connectivity index (χ1n) is 6.77. The third kappa shape index (κ3) is 2.26. The van der Waals surface area contributed by atoms with E-state index in [0.717, 1.165) is 25.3 Å². The molecule has 4 nitrogen and oxygen atoms in total. The zero-order valence-electron chi connectivity index (χ0n) is 11.1. The molecule has 3 rings (SSSR count). The van der Waals surface area contributed by atoms with Gasteiger partial charge in [0.15, 0.2) is 0 Å². The van der Waals surface area contributed by atoms with Gasteiger partial charge in [0.25, 0.3) is 0 Å². The number of rotatable bonds is 4. The number of hydrogen-bond donors (Lipinski definition) is 1. The summed E-state index contributed by atoms with van der Waals surface area (Å²) >= 11 is 0. The van der Waals surface area contributed by atoms with Crippen molar-refractivity contribution in [3.05, 3.63) is 17.2 Å². The first-order chi connectivity index (χ1) is 8.66. The van der Waals surface area contributed by atoms with E-state index in [4.69, 9.17) is 4.98 Å². The Morgan fingerprint density at radius 2 is 2.33 bits per heavy atom. The van der Waals surface area contributed by atoms with E-state index in [1.807, 2.05) is 0 Å². The van der Waals surface area contributed by atoms with Gasteiger partial charge >= 0.3 is 0 Å². The lowest BCUT2D eigenvalue weighted by Crippen LogP contribution is -2.26. The molecule has 1 aliphatic heterocycles. The van der Waals surface area contributed by atoms with Gasteiger partial charge in [0, 0.05) is 60.0 Å². The summed E-state index contributed by atoms with van der Waals surface area (Å²) in [7, 11) is -0.746. The van der Waals surface area contributed by atoms with Crippen LogP contribution in [-0.4, -0.2) is 32.3 Å². The number of nitrogens with zero attached hydrogens (tertiary/aromatic N) is 2. The molecule has 0 aromatic carbocycles. The van der Waals surface area contributed by atoms with Crippen molar-refractivity contribution in [2.75, 3.05) is 18.6 Å². The predicted molar refractivity (Wildman–Crippen MR) is 73.3 cm³/mol. The summed E-state index contributed by atoms with van der Waals surface area (Å²) in [5.74, 6) is 2.64. The molecule has 1 saturated carbocycles. The van der Waals surface area contributed by atoms with Crippen molar-refractivity contribution in [2.45, 2.75) is 44.7 Å². The van der Waals surface area contributed by atoms with E-state index in [1.165, 1.54) is 30.1 Å². The summed E-state index contributed by atoms with van der Waals surface area (Å²) in [5.41, 5.74) is 2.60. The molecule has 0 amide bonds. The molecule has 1 aromatic heterocycles. The van der Waals surface area contributed by atoms with Gasteiger partial charge in [-0.05, 0) is 19.8 Å². The summed E-state index contributed by atoms with van der Waals surface area (Å²) in [6.07, 6.45) is 5.38. The van der Waals surface area contributed by atoms with E-state index in [-0.39, 0.29) is 0 Å². The Balaban J connectivity index is 1.98. The summed E-state index contributed by atoms with van der Waals surface area (Å²) in [6.45, 7) is 4.10. The second-order valence-corrected chi connectivity index (χ2v) is 7.00. The maximum atomic E-state index is 11.5. The predicted octanol–water partition coefficient (Wildman–Crippen LogP) is 1.35. The Morgan fingerprint density at radius 1 is 1.56 bits per heavy atom. The summed E-state index contributed by atoms with van der Waals surface area (Å²) in [6, 6.07) is 0.306. The fraction of sp³-hybridized carbons (Fsp3) is 0.769. The highest BCUT2D eigenvalue weighted by Crippen LogP contribution is 2.41. The fourth-order valence-electron chi connectivity index (χ4n) is 2.89. The van der Waals surface area contributed by atoms with Gasteiger partial charge < -0.3 is 9.88 Å². The van der Waals surface area contributed by atoms with E-state index >= 15 is 0 Å². The van der Waals surface area contributed by atoms with E-state index in [2.05, 4.69) is 16.8 Å². The first-order valence-corrected chi connectivity index (χ1v) is 8.50. The minimum atomic E-state index is -0.746. The topological polar surface area (TPSA) is 46.9 Å². The molecule has 18 heavy (non-hydrogen) atoms. The third-order valence-electron chi connectivity index (χ3n) is 3.81. The molecule has 2 heterocycles. The lowest BCUT2D eigenvalue weighted by Gasteiger charge is -2.21. The van der Waals surface area contributed by atoms with Crippen molar-refractivity contribution < 1.29 is 4.21 Å². The summed E-state index contributed by atoms with van der Waals surface area (Å²) in [4.78, 5) is 4.84. The van der Waals surface area contributed by atoms with Crippen molar-refractivity contribution in [1.29, 1.82) is 0 Å². The first kappa shape index (κ1) is 12.4. The zero-order valence-corrected chi connectivity index (χ0v) is 11.9. The SMILES string of the molecule is CC(CS(C)=O)n1c(C2CC2)nc2c1CCNC2. The van der Waals surface area contributed by atoms with Crippen LogP contribution in [0.3, 0.4) is 0 Å². The van der Waals surface area contributed by atoms with Gasteiger partial charge in [-0.1, -0.05) is 0 Å². The van der Waals surface area contributed by atoms with Crippen LogP contribution in [0.15, 0.2) is 0 Å². The van der Waals surface area contributed by atoms with Crippen LogP contribution in [0.1, 0.15) is 48.9 Å². The van der Waals surface area contributed by atoms with Gasteiger partial charge in [-0.3, -0.25) is 4.21 Å². The number of aromatic nitrogens is 2. The van der Waals surface area contributed by atoms with E-state index in [9.17, 15) is 4.21 Å². The molecule has 1 aromatic rings. The Labute approximate surface area is 111 Å². The van der Waals surface area contributed by atoms with E-state index in [0.29, 0.717) is 12.0 Å². The number of fused-ring (bicyclic) bond motifs is 1. The lowest BCUT2D eigenvalue weighted by molar-refractivity contribution is 0.527. The maximum absolute atomic E-state index is 11.5. The number of nitrogens with one attached hydrogen (secondary N) is 1. The smallest absolute Gasteiger partial charge is 0.112 e. The highest BCUT2D eigenvalue weighted by molar-refractivity contribution is 7.84. The second kappa shape index (κ2) is 4.78. The fourth-order valence-corrected chi connectivity index (χ4v) is 3.72. The minimum absolute atomic E-state index is 0.306. The highest BCUT2D eigenvalue weighted by atomic mass is 32.2. The maximum Gasteiger partial charge on any atom is 0.112 e. The van der Waals surface area contributed by atoms with Crippen LogP contribution in [0, 0.1) is 0 Å². The van der Waals surface area contributed by atoms with Gasteiger partial charge in [0.1, 0.15) is 5.82 Å². The molecule has 2 unspecified atom stereocenters. The Hall–Kier alpha value is -0.680. The number of imidazole rings is 1. The van der Waals surface area contributed by atoms with E-state index in [1.54, 1.807) is 6.26 Å². The quantitative estimate of drug-likeness (QED) is 0.895. The van der Waals surface area contributed by atoms with Crippen molar-refractivity contribution in [3.63, 3.8) is 0 Å². The monoisotopic (exact) mass is 267 g/mol. The molecular weight excluding hydrogens is 246 g/mol. The summed E-state index contributed by atoms with van der Waals surface area (Å²) in [5, 5.41) is 3.38. The van der Waals surface area contributed by atoms with Crippen molar-refractivity contribution in [1.82, 2.24) is 14.9 Å². The molecule has 0 spiro atoms. The van der Waals surface area contributed by atoms with E-state index < -0.39 is 10.8 Å². The van der Waals surface area contributed by atoms with Crippen LogP contribution in [0.4, 0.5) is 0 Å². The van der Waals surface area contributed by atoms with Gasteiger partial charge in [-0.25, -0.2) is 4.98 Å².